The van der Waals surface area contributed by atoms with Gasteiger partial charge in [0.15, 0.2) is 0 Å². The van der Waals surface area contributed by atoms with E-state index in [4.69, 9.17) is 11.6 Å². The summed E-state index contributed by atoms with van der Waals surface area (Å²) >= 11 is 7.83. The average Bonchev–Trinajstić information content (AvgIpc) is 2.84. The number of hydrogen-bond acceptors (Lipinski definition) is 3. The molecule has 2 aromatic carbocycles. The van der Waals surface area contributed by atoms with Crippen molar-refractivity contribution in [2.75, 3.05) is 0 Å². The molecule has 2 heterocycles. The Kier molecular flexibility index (Phi) is 2.91. The summed E-state index contributed by atoms with van der Waals surface area (Å²) in [6.07, 6.45) is 1.53. The Bertz CT molecular complexity index is 975. The number of aryl methyl sites for hydroxylation is 1. The van der Waals surface area contributed by atoms with Crippen LogP contribution in [0.1, 0.15) is 4.88 Å². The number of thiophene rings is 1. The van der Waals surface area contributed by atoms with E-state index >= 15 is 0 Å². The molecule has 0 spiro atoms. The van der Waals surface area contributed by atoms with Gasteiger partial charge in [0.25, 0.3) is 0 Å². The van der Waals surface area contributed by atoms with Gasteiger partial charge in [0.2, 0.25) is 0 Å². The maximum absolute atomic E-state index is 6.18. The number of halogens is 1. The van der Waals surface area contributed by atoms with E-state index < -0.39 is 0 Å². The van der Waals surface area contributed by atoms with Crippen LogP contribution in [0, 0.1) is 6.92 Å². The maximum atomic E-state index is 6.18. The minimum absolute atomic E-state index is 0.528. The van der Waals surface area contributed by atoms with E-state index in [-0.39, 0.29) is 0 Å². The highest BCUT2D eigenvalue weighted by Crippen LogP contribution is 2.40. The van der Waals surface area contributed by atoms with Crippen molar-refractivity contribution in [1.29, 1.82) is 0 Å². The normalized spacial score (nSPS) is 11.3. The van der Waals surface area contributed by atoms with Crippen LogP contribution in [0.15, 0.2) is 48.8 Å². The van der Waals surface area contributed by atoms with Gasteiger partial charge in [-0.1, -0.05) is 48.0 Å². The van der Waals surface area contributed by atoms with Gasteiger partial charge in [-0.15, -0.1) is 11.3 Å². The zero-order chi connectivity index (χ0) is 14.4. The quantitative estimate of drug-likeness (QED) is 0.435. The molecule has 0 saturated carbocycles. The molecular formula is C17H11ClN2S. The summed E-state index contributed by atoms with van der Waals surface area (Å²) in [6.45, 7) is 2.10. The molecule has 2 nitrogen and oxygen atoms in total. The van der Waals surface area contributed by atoms with Gasteiger partial charge in [-0.25, -0.2) is 9.97 Å². The summed E-state index contributed by atoms with van der Waals surface area (Å²) in [6, 6.07) is 14.9. The molecule has 102 valence electrons. The van der Waals surface area contributed by atoms with Crippen molar-refractivity contribution in [2.24, 2.45) is 0 Å². The number of rotatable bonds is 1. The Hall–Kier alpha value is -1.97. The van der Waals surface area contributed by atoms with Crippen molar-refractivity contribution < 1.29 is 0 Å². The number of fused-ring (bicyclic) bond motifs is 2. The molecule has 0 saturated heterocycles. The first-order valence-electron chi connectivity index (χ1n) is 6.63. The zero-order valence-electron chi connectivity index (χ0n) is 11.3. The van der Waals surface area contributed by atoms with Crippen LogP contribution in [0.25, 0.3) is 32.1 Å². The second kappa shape index (κ2) is 4.79. The highest BCUT2D eigenvalue weighted by atomic mass is 35.5. The fraction of sp³-hybridized carbons (Fsp3) is 0.0588. The Morgan fingerprint density at radius 2 is 1.81 bits per heavy atom. The van der Waals surface area contributed by atoms with Crippen molar-refractivity contribution in [3.8, 4) is 11.1 Å². The van der Waals surface area contributed by atoms with Gasteiger partial charge in [-0.3, -0.25) is 0 Å². The fourth-order valence-corrected chi connectivity index (χ4v) is 3.94. The lowest BCUT2D eigenvalue weighted by molar-refractivity contribution is 1.23. The van der Waals surface area contributed by atoms with Gasteiger partial charge in [0.1, 0.15) is 11.5 Å². The van der Waals surface area contributed by atoms with Gasteiger partial charge < -0.3 is 0 Å². The van der Waals surface area contributed by atoms with Crippen LogP contribution in [-0.4, -0.2) is 9.97 Å². The molecule has 0 unspecified atom stereocenters. The predicted molar refractivity (Wildman–Crippen MR) is 90.1 cm³/mol. The SMILES string of the molecule is Cc1sc2c(Cl)ncnc2c1-c1ccc2ccccc2c1. The fourth-order valence-electron chi connectivity index (χ4n) is 2.68. The zero-order valence-corrected chi connectivity index (χ0v) is 12.9. The third kappa shape index (κ3) is 2.01. The van der Waals surface area contributed by atoms with Gasteiger partial charge >= 0.3 is 0 Å². The smallest absolute Gasteiger partial charge is 0.150 e. The molecule has 0 N–H and O–H groups in total. The van der Waals surface area contributed by atoms with Crippen LogP contribution in [0.2, 0.25) is 5.15 Å². The third-order valence-corrected chi connectivity index (χ3v) is 5.14. The highest BCUT2D eigenvalue weighted by Gasteiger charge is 2.15. The highest BCUT2D eigenvalue weighted by molar-refractivity contribution is 7.20. The van der Waals surface area contributed by atoms with Crippen molar-refractivity contribution >= 4 is 43.9 Å². The lowest BCUT2D eigenvalue weighted by atomic mass is 10.0. The van der Waals surface area contributed by atoms with Gasteiger partial charge in [0, 0.05) is 10.4 Å². The van der Waals surface area contributed by atoms with E-state index in [1.54, 1.807) is 11.3 Å². The summed E-state index contributed by atoms with van der Waals surface area (Å²) in [5, 5.41) is 3.00. The van der Waals surface area contributed by atoms with Crippen molar-refractivity contribution in [1.82, 2.24) is 9.97 Å². The molecule has 0 aliphatic carbocycles. The van der Waals surface area contributed by atoms with Crippen LogP contribution in [0.5, 0.6) is 0 Å². The average molecular weight is 311 g/mol. The van der Waals surface area contributed by atoms with E-state index in [9.17, 15) is 0 Å². The third-order valence-electron chi connectivity index (χ3n) is 3.64. The van der Waals surface area contributed by atoms with E-state index in [0.717, 1.165) is 15.8 Å². The molecule has 21 heavy (non-hydrogen) atoms. The first-order chi connectivity index (χ1) is 10.2. The molecule has 4 aromatic rings. The topological polar surface area (TPSA) is 25.8 Å². The Morgan fingerprint density at radius 3 is 2.67 bits per heavy atom. The minimum atomic E-state index is 0.528. The van der Waals surface area contributed by atoms with Crippen LogP contribution in [0.4, 0.5) is 0 Å². The standard InChI is InChI=1S/C17H11ClN2S/c1-10-14(15-16(21-10)17(18)20-9-19-15)13-7-6-11-4-2-3-5-12(11)8-13/h2-9H,1H3. The first kappa shape index (κ1) is 12.7. The molecule has 0 radical (unpaired) electrons. The van der Waals surface area contributed by atoms with Crippen LogP contribution >= 0.6 is 22.9 Å². The van der Waals surface area contributed by atoms with Crippen LogP contribution in [0.3, 0.4) is 0 Å². The largest absolute Gasteiger partial charge is 0.235 e. The molecule has 2 aromatic heterocycles. The van der Waals surface area contributed by atoms with Crippen LogP contribution in [-0.2, 0) is 0 Å². The molecule has 0 aliphatic rings. The lowest BCUT2D eigenvalue weighted by Gasteiger charge is -2.04. The Labute approximate surface area is 131 Å². The molecule has 0 fully saturated rings. The van der Waals surface area contributed by atoms with Crippen molar-refractivity contribution in [2.45, 2.75) is 6.92 Å². The first-order valence-corrected chi connectivity index (χ1v) is 7.82. The predicted octanol–water partition coefficient (Wildman–Crippen LogP) is 5.47. The van der Waals surface area contributed by atoms with Gasteiger partial charge in [-0.2, -0.15) is 0 Å². The summed E-state index contributed by atoms with van der Waals surface area (Å²) in [7, 11) is 0. The number of nitrogens with zero attached hydrogens (tertiary/aromatic N) is 2. The molecular weight excluding hydrogens is 300 g/mol. The van der Waals surface area contributed by atoms with E-state index in [1.165, 1.54) is 27.5 Å². The van der Waals surface area contributed by atoms with Gasteiger partial charge in [-0.05, 0) is 29.3 Å². The second-order valence-corrected chi connectivity index (χ2v) is 6.52. The minimum Gasteiger partial charge on any atom is -0.235 e. The maximum Gasteiger partial charge on any atom is 0.150 e. The van der Waals surface area contributed by atoms with Gasteiger partial charge in [0.05, 0.1) is 10.2 Å². The Morgan fingerprint density at radius 1 is 1.00 bits per heavy atom. The number of aromatic nitrogens is 2. The molecule has 0 atom stereocenters. The van der Waals surface area contributed by atoms with E-state index in [1.807, 2.05) is 0 Å². The summed E-state index contributed by atoms with van der Waals surface area (Å²) in [5.41, 5.74) is 3.27. The van der Waals surface area contributed by atoms with Crippen molar-refractivity contribution in [3.05, 3.63) is 58.8 Å². The Balaban J connectivity index is 2.04. The molecule has 4 heteroatoms. The molecule has 0 aliphatic heterocycles. The van der Waals surface area contributed by atoms with Crippen LogP contribution < -0.4 is 0 Å². The number of hydrogen-bond donors (Lipinski definition) is 0. The second-order valence-electron chi connectivity index (χ2n) is 4.94. The molecule has 0 bridgehead atoms. The van der Waals surface area contributed by atoms with E-state index in [2.05, 4.69) is 59.4 Å². The van der Waals surface area contributed by atoms with E-state index in [0.29, 0.717) is 5.15 Å². The van der Waals surface area contributed by atoms with Crippen molar-refractivity contribution in [3.63, 3.8) is 0 Å². The number of benzene rings is 2. The monoisotopic (exact) mass is 310 g/mol. The summed E-state index contributed by atoms with van der Waals surface area (Å²) in [5.74, 6) is 0. The molecule has 4 rings (SSSR count). The lowest BCUT2D eigenvalue weighted by Crippen LogP contribution is -1.84. The molecule has 0 amide bonds. The summed E-state index contributed by atoms with van der Waals surface area (Å²) < 4.78 is 0.958. The summed E-state index contributed by atoms with van der Waals surface area (Å²) in [4.78, 5) is 9.72.